The van der Waals surface area contributed by atoms with Gasteiger partial charge in [-0.15, -0.1) is 0 Å². The van der Waals surface area contributed by atoms with E-state index in [1.54, 1.807) is 14.2 Å². The van der Waals surface area contributed by atoms with E-state index in [0.29, 0.717) is 0 Å². The standard InChI is InChI=1S/C23H33NO4/c1-6-16(7-2)22(25)28-18-10-11-23(12-13-24(3)21(23)15-18)17-8-9-19(26-4)20(14-17)27-5/h8-9,14-16,21H,6-7,10-13H2,1-5H3/t21-,23-/m0/s1. The van der Waals surface area contributed by atoms with Crippen LogP contribution in [0.2, 0.25) is 0 Å². The summed E-state index contributed by atoms with van der Waals surface area (Å²) in [4.78, 5) is 14.8. The minimum absolute atomic E-state index is 0.0130. The maximum absolute atomic E-state index is 12.4. The molecule has 1 aromatic rings. The molecule has 1 aromatic carbocycles. The lowest BCUT2D eigenvalue weighted by molar-refractivity contribution is -0.145. The zero-order valence-electron chi connectivity index (χ0n) is 17.8. The molecule has 5 nitrogen and oxygen atoms in total. The second-order valence-electron chi connectivity index (χ2n) is 7.97. The van der Waals surface area contributed by atoms with E-state index in [-0.39, 0.29) is 23.3 Å². The van der Waals surface area contributed by atoms with Crippen molar-refractivity contribution in [2.75, 3.05) is 27.8 Å². The van der Waals surface area contributed by atoms with Gasteiger partial charge in [-0.05, 0) is 63.0 Å². The first-order chi connectivity index (χ1) is 13.5. The molecule has 0 radical (unpaired) electrons. The highest BCUT2D eigenvalue weighted by molar-refractivity contribution is 5.73. The molecule has 0 bridgehead atoms. The van der Waals surface area contributed by atoms with E-state index in [1.165, 1.54) is 5.56 Å². The predicted molar refractivity (Wildman–Crippen MR) is 110 cm³/mol. The fourth-order valence-electron chi connectivity index (χ4n) is 4.77. The van der Waals surface area contributed by atoms with Gasteiger partial charge >= 0.3 is 5.97 Å². The number of carbonyl (C=O) groups excluding carboxylic acids is 1. The van der Waals surface area contributed by atoms with E-state index in [1.807, 2.05) is 19.9 Å². The summed E-state index contributed by atoms with van der Waals surface area (Å²) in [6, 6.07) is 6.47. The lowest BCUT2D eigenvalue weighted by atomic mass is 9.68. The number of esters is 1. The SMILES string of the molecule is CCC(CC)C(=O)OC1=C[C@@H]2N(C)CC[C@]2(c2ccc(OC)c(OC)c2)CC1. The first-order valence-electron chi connectivity index (χ1n) is 10.3. The third-order valence-corrected chi connectivity index (χ3v) is 6.62. The molecule has 0 aromatic heterocycles. The van der Waals surface area contributed by atoms with Crippen molar-refractivity contribution in [2.24, 2.45) is 5.92 Å². The van der Waals surface area contributed by atoms with E-state index in [0.717, 1.165) is 55.9 Å². The summed E-state index contributed by atoms with van der Waals surface area (Å²) in [5.74, 6) is 2.23. The van der Waals surface area contributed by atoms with Crippen LogP contribution in [-0.4, -0.2) is 44.7 Å². The number of methoxy groups -OCH3 is 2. The van der Waals surface area contributed by atoms with Gasteiger partial charge in [0.25, 0.3) is 0 Å². The van der Waals surface area contributed by atoms with E-state index in [4.69, 9.17) is 14.2 Å². The molecule has 5 heteroatoms. The molecule has 2 atom stereocenters. The van der Waals surface area contributed by atoms with Gasteiger partial charge in [-0.3, -0.25) is 9.69 Å². The Kier molecular flexibility index (Phi) is 6.33. The second-order valence-corrected chi connectivity index (χ2v) is 7.97. The highest BCUT2D eigenvalue weighted by atomic mass is 16.5. The molecule has 154 valence electrons. The van der Waals surface area contributed by atoms with Crippen LogP contribution in [0.5, 0.6) is 11.5 Å². The molecule has 0 saturated carbocycles. The molecule has 3 rings (SSSR count). The van der Waals surface area contributed by atoms with Crippen molar-refractivity contribution in [2.45, 2.75) is 57.4 Å². The molecule has 1 fully saturated rings. The number of fused-ring (bicyclic) bond motifs is 1. The van der Waals surface area contributed by atoms with Crippen molar-refractivity contribution in [3.05, 3.63) is 35.6 Å². The van der Waals surface area contributed by atoms with E-state index >= 15 is 0 Å². The zero-order valence-corrected chi connectivity index (χ0v) is 17.8. The van der Waals surface area contributed by atoms with E-state index < -0.39 is 0 Å². The van der Waals surface area contributed by atoms with Gasteiger partial charge in [-0.1, -0.05) is 19.9 Å². The number of nitrogens with zero attached hydrogens (tertiary/aromatic N) is 1. The van der Waals surface area contributed by atoms with Crippen LogP contribution in [0.25, 0.3) is 0 Å². The largest absolute Gasteiger partial charge is 0.493 e. The van der Waals surface area contributed by atoms with Crippen LogP contribution in [0.3, 0.4) is 0 Å². The quantitative estimate of drug-likeness (QED) is 0.653. The molecule has 0 spiro atoms. The predicted octanol–water partition coefficient (Wildman–Crippen LogP) is 4.30. The average Bonchev–Trinajstić information content (AvgIpc) is 3.05. The molecule has 1 aliphatic carbocycles. The van der Waals surface area contributed by atoms with Gasteiger partial charge in [0.15, 0.2) is 11.5 Å². The second kappa shape index (κ2) is 8.56. The minimum atomic E-state index is -0.0875. The Hall–Kier alpha value is -2.01. The van der Waals surface area contributed by atoms with Gasteiger partial charge in [-0.2, -0.15) is 0 Å². The van der Waals surface area contributed by atoms with Crippen molar-refractivity contribution in [3.63, 3.8) is 0 Å². The zero-order chi connectivity index (χ0) is 20.3. The lowest BCUT2D eigenvalue weighted by Crippen LogP contribution is -2.42. The number of carbonyl (C=O) groups is 1. The van der Waals surface area contributed by atoms with Gasteiger partial charge in [0.05, 0.1) is 20.1 Å². The molecule has 0 unspecified atom stereocenters. The Bertz CT molecular complexity index is 740. The third-order valence-electron chi connectivity index (χ3n) is 6.62. The normalized spacial score (nSPS) is 24.6. The smallest absolute Gasteiger partial charge is 0.313 e. The van der Waals surface area contributed by atoms with Crippen LogP contribution >= 0.6 is 0 Å². The highest BCUT2D eigenvalue weighted by Crippen LogP contribution is 2.49. The summed E-state index contributed by atoms with van der Waals surface area (Å²) in [5, 5.41) is 0. The van der Waals surface area contributed by atoms with Gasteiger partial charge < -0.3 is 14.2 Å². The van der Waals surface area contributed by atoms with Crippen molar-refractivity contribution in [3.8, 4) is 11.5 Å². The number of likely N-dealkylation sites (N-methyl/N-ethyl adjacent to an activating group) is 1. The van der Waals surface area contributed by atoms with Gasteiger partial charge in [0.1, 0.15) is 5.76 Å². The number of likely N-dealkylation sites (tertiary alicyclic amines) is 1. The monoisotopic (exact) mass is 387 g/mol. The van der Waals surface area contributed by atoms with Crippen molar-refractivity contribution in [1.82, 2.24) is 4.90 Å². The molecular formula is C23H33NO4. The Labute approximate surface area is 168 Å². The van der Waals surface area contributed by atoms with Crippen LogP contribution < -0.4 is 9.47 Å². The summed E-state index contributed by atoms with van der Waals surface area (Å²) in [5.41, 5.74) is 1.28. The van der Waals surface area contributed by atoms with Crippen molar-refractivity contribution < 1.29 is 19.0 Å². The number of allylic oxidation sites excluding steroid dienone is 1. The van der Waals surface area contributed by atoms with Gasteiger partial charge in [-0.25, -0.2) is 0 Å². The topological polar surface area (TPSA) is 48.0 Å². The van der Waals surface area contributed by atoms with Gasteiger partial charge in [0, 0.05) is 17.9 Å². The Morgan fingerprint density at radius 1 is 1.18 bits per heavy atom. The first kappa shape index (κ1) is 20.7. The molecule has 1 heterocycles. The minimum Gasteiger partial charge on any atom is -0.493 e. The number of ether oxygens (including phenoxy) is 3. The van der Waals surface area contributed by atoms with Crippen LogP contribution in [-0.2, 0) is 14.9 Å². The molecule has 1 saturated heterocycles. The molecular weight excluding hydrogens is 354 g/mol. The molecule has 2 aliphatic rings. The van der Waals surface area contributed by atoms with Crippen molar-refractivity contribution >= 4 is 5.97 Å². The molecule has 28 heavy (non-hydrogen) atoms. The molecule has 1 aliphatic heterocycles. The summed E-state index contributed by atoms with van der Waals surface area (Å²) in [6.45, 7) is 5.10. The number of rotatable bonds is 7. The Balaban J connectivity index is 1.89. The first-order valence-corrected chi connectivity index (χ1v) is 10.3. The number of benzene rings is 1. The fraction of sp³-hybridized carbons (Fsp3) is 0.609. The van der Waals surface area contributed by atoms with Crippen LogP contribution in [0.4, 0.5) is 0 Å². The maximum Gasteiger partial charge on any atom is 0.313 e. The van der Waals surface area contributed by atoms with Crippen molar-refractivity contribution in [1.29, 1.82) is 0 Å². The number of hydrogen-bond donors (Lipinski definition) is 0. The number of hydrogen-bond acceptors (Lipinski definition) is 5. The fourth-order valence-corrected chi connectivity index (χ4v) is 4.77. The average molecular weight is 388 g/mol. The third kappa shape index (κ3) is 3.64. The summed E-state index contributed by atoms with van der Waals surface area (Å²) >= 11 is 0. The summed E-state index contributed by atoms with van der Waals surface area (Å²) < 4.78 is 16.8. The summed E-state index contributed by atoms with van der Waals surface area (Å²) in [7, 11) is 5.48. The highest BCUT2D eigenvalue weighted by Gasteiger charge is 2.48. The Morgan fingerprint density at radius 2 is 1.89 bits per heavy atom. The lowest BCUT2D eigenvalue weighted by Gasteiger charge is -2.40. The van der Waals surface area contributed by atoms with Crippen LogP contribution in [0.15, 0.2) is 30.0 Å². The Morgan fingerprint density at radius 3 is 2.54 bits per heavy atom. The van der Waals surface area contributed by atoms with E-state index in [9.17, 15) is 4.79 Å². The van der Waals surface area contributed by atoms with E-state index in [2.05, 4.69) is 30.2 Å². The summed E-state index contributed by atoms with van der Waals surface area (Å²) in [6.07, 6.45) is 6.63. The van der Waals surface area contributed by atoms with Crippen LogP contribution in [0, 0.1) is 5.92 Å². The molecule has 0 amide bonds. The van der Waals surface area contributed by atoms with Gasteiger partial charge in [0.2, 0.25) is 0 Å². The maximum atomic E-state index is 12.4. The molecule has 0 N–H and O–H groups in total. The van der Waals surface area contributed by atoms with Crippen LogP contribution in [0.1, 0.15) is 51.5 Å².